The summed E-state index contributed by atoms with van der Waals surface area (Å²) in [6.07, 6.45) is 2.21. The summed E-state index contributed by atoms with van der Waals surface area (Å²) in [5.74, 6) is -0.687. The second-order valence-electron chi connectivity index (χ2n) is 8.39. The summed E-state index contributed by atoms with van der Waals surface area (Å²) >= 11 is 1.32. The lowest BCUT2D eigenvalue weighted by Gasteiger charge is -2.16. The third-order valence-electron chi connectivity index (χ3n) is 5.65. The molecule has 180 valence electrons. The quantitative estimate of drug-likeness (QED) is 0.297. The number of fused-ring (bicyclic) bond motifs is 1. The van der Waals surface area contributed by atoms with Crippen molar-refractivity contribution in [2.24, 2.45) is 0 Å². The Kier molecular flexibility index (Phi) is 7.26. The van der Waals surface area contributed by atoms with Gasteiger partial charge in [0.2, 0.25) is 17.7 Å². The van der Waals surface area contributed by atoms with Crippen LogP contribution in [0.5, 0.6) is 0 Å². The van der Waals surface area contributed by atoms with E-state index in [1.807, 2.05) is 67.0 Å². The highest BCUT2D eigenvalue weighted by atomic mass is 32.1. The van der Waals surface area contributed by atoms with Gasteiger partial charge in [-0.05, 0) is 24.1 Å². The number of aromatic amines is 1. The Hall–Kier alpha value is -3.98. The van der Waals surface area contributed by atoms with Crippen LogP contribution in [0.25, 0.3) is 22.2 Å². The van der Waals surface area contributed by atoms with Crippen LogP contribution in [-0.4, -0.2) is 33.7 Å². The normalized spacial score (nSPS) is 12.7. The first-order valence-electron chi connectivity index (χ1n) is 11.3. The number of benzene rings is 2. The fourth-order valence-electron chi connectivity index (χ4n) is 3.96. The van der Waals surface area contributed by atoms with Crippen molar-refractivity contribution in [2.75, 3.05) is 5.32 Å². The number of amides is 3. The van der Waals surface area contributed by atoms with Gasteiger partial charge in [-0.15, -0.1) is 11.3 Å². The van der Waals surface area contributed by atoms with Crippen LogP contribution in [0.15, 0.2) is 60.1 Å². The number of thiazole rings is 1. The lowest BCUT2D eigenvalue weighted by Crippen LogP contribution is -2.44. The van der Waals surface area contributed by atoms with Gasteiger partial charge in [-0.1, -0.05) is 42.5 Å². The number of hydrogen-bond acceptors (Lipinski definition) is 5. The van der Waals surface area contributed by atoms with Crippen LogP contribution < -0.4 is 16.0 Å². The summed E-state index contributed by atoms with van der Waals surface area (Å²) in [6.45, 7) is 4.81. The molecule has 0 saturated carbocycles. The third kappa shape index (κ3) is 5.93. The summed E-state index contributed by atoms with van der Waals surface area (Å²) in [6, 6.07) is 14.8. The molecule has 2 heterocycles. The topological polar surface area (TPSA) is 116 Å². The van der Waals surface area contributed by atoms with E-state index in [1.54, 1.807) is 0 Å². The fourth-order valence-corrected chi connectivity index (χ4v) is 4.68. The van der Waals surface area contributed by atoms with Crippen molar-refractivity contribution in [2.45, 2.75) is 39.3 Å². The van der Waals surface area contributed by atoms with Crippen LogP contribution in [-0.2, 0) is 20.8 Å². The van der Waals surface area contributed by atoms with Crippen molar-refractivity contribution in [1.29, 1.82) is 0 Å². The van der Waals surface area contributed by atoms with Crippen LogP contribution in [0.4, 0.5) is 5.13 Å². The fraction of sp³-hybridized carbons (Fsp3) is 0.231. The number of nitrogens with one attached hydrogen (secondary N) is 4. The van der Waals surface area contributed by atoms with E-state index < -0.39 is 6.04 Å². The van der Waals surface area contributed by atoms with E-state index in [0.717, 1.165) is 33.3 Å². The van der Waals surface area contributed by atoms with E-state index in [9.17, 15) is 14.4 Å². The second-order valence-corrected chi connectivity index (χ2v) is 9.25. The summed E-state index contributed by atoms with van der Waals surface area (Å²) in [5.41, 5.74) is 4.55. The van der Waals surface area contributed by atoms with Gasteiger partial charge in [0.15, 0.2) is 5.13 Å². The van der Waals surface area contributed by atoms with E-state index in [-0.39, 0.29) is 23.8 Å². The smallest absolute Gasteiger partial charge is 0.249 e. The number of rotatable bonds is 8. The predicted octanol–water partition coefficient (Wildman–Crippen LogP) is 4.17. The zero-order valence-electron chi connectivity index (χ0n) is 19.7. The zero-order valence-corrected chi connectivity index (χ0v) is 20.5. The maximum atomic E-state index is 13.1. The molecule has 0 spiro atoms. The first-order chi connectivity index (χ1) is 16.8. The summed E-state index contributed by atoms with van der Waals surface area (Å²) in [5, 5.41) is 11.8. The number of aromatic nitrogens is 2. The van der Waals surface area contributed by atoms with Crippen LogP contribution >= 0.6 is 11.3 Å². The van der Waals surface area contributed by atoms with Crippen molar-refractivity contribution in [3.8, 4) is 11.3 Å². The minimum atomic E-state index is -0.742. The molecule has 2 atom stereocenters. The van der Waals surface area contributed by atoms with Crippen molar-refractivity contribution in [1.82, 2.24) is 20.6 Å². The van der Waals surface area contributed by atoms with Crippen molar-refractivity contribution in [3.63, 3.8) is 0 Å². The molecule has 3 amide bonds. The molecule has 35 heavy (non-hydrogen) atoms. The molecule has 2 aromatic carbocycles. The molecule has 0 radical (unpaired) electrons. The first kappa shape index (κ1) is 24.2. The maximum Gasteiger partial charge on any atom is 0.249 e. The van der Waals surface area contributed by atoms with Crippen LogP contribution in [0.2, 0.25) is 0 Å². The van der Waals surface area contributed by atoms with Crippen LogP contribution in [0.3, 0.4) is 0 Å². The average molecular weight is 490 g/mol. The van der Waals surface area contributed by atoms with Gasteiger partial charge in [-0.2, -0.15) is 0 Å². The Morgan fingerprint density at radius 3 is 2.43 bits per heavy atom. The van der Waals surface area contributed by atoms with Gasteiger partial charge in [0, 0.05) is 48.3 Å². The lowest BCUT2D eigenvalue weighted by atomic mass is 10.0. The SMILES string of the molecule is CC(=O)NC(Cc1c[nH]c2ccccc12)C(=O)Nc1nc(-c2ccc(C(C)NC(C)=O)cc2)cs1. The Morgan fingerprint density at radius 1 is 1.00 bits per heavy atom. The molecule has 4 N–H and O–H groups in total. The highest BCUT2D eigenvalue weighted by molar-refractivity contribution is 7.14. The lowest BCUT2D eigenvalue weighted by molar-refractivity contribution is -0.125. The largest absolute Gasteiger partial charge is 0.361 e. The molecule has 0 aliphatic rings. The number of nitrogens with zero attached hydrogens (tertiary/aromatic N) is 1. The zero-order chi connectivity index (χ0) is 24.9. The van der Waals surface area contributed by atoms with Gasteiger partial charge in [0.05, 0.1) is 11.7 Å². The van der Waals surface area contributed by atoms with Gasteiger partial charge < -0.3 is 20.9 Å². The average Bonchev–Trinajstić information content (AvgIpc) is 3.45. The van der Waals surface area contributed by atoms with Crippen molar-refractivity contribution >= 4 is 45.1 Å². The summed E-state index contributed by atoms with van der Waals surface area (Å²) in [4.78, 5) is 43.9. The molecule has 0 fully saturated rings. The number of anilines is 1. The van der Waals surface area contributed by atoms with Gasteiger partial charge >= 0.3 is 0 Å². The molecule has 4 rings (SSSR count). The number of para-hydroxylation sites is 1. The predicted molar refractivity (Wildman–Crippen MR) is 138 cm³/mol. The van der Waals surface area contributed by atoms with E-state index >= 15 is 0 Å². The Balaban J connectivity index is 1.46. The molecule has 8 nitrogen and oxygen atoms in total. The molecule has 2 unspecified atom stereocenters. The van der Waals surface area contributed by atoms with Crippen LogP contribution in [0, 0.1) is 0 Å². The van der Waals surface area contributed by atoms with E-state index in [4.69, 9.17) is 0 Å². The van der Waals surface area contributed by atoms with E-state index in [1.165, 1.54) is 25.2 Å². The molecule has 2 aromatic heterocycles. The van der Waals surface area contributed by atoms with Gasteiger partial charge in [-0.25, -0.2) is 4.98 Å². The molecule has 9 heteroatoms. The molecule has 0 saturated heterocycles. The molecule has 0 aliphatic heterocycles. The molecular formula is C26H27N5O3S. The van der Waals surface area contributed by atoms with Crippen LogP contribution in [0.1, 0.15) is 37.9 Å². The number of carbonyl (C=O) groups is 3. The van der Waals surface area contributed by atoms with Gasteiger partial charge in [-0.3, -0.25) is 14.4 Å². The Morgan fingerprint density at radius 2 is 1.71 bits per heavy atom. The molecule has 4 aromatic rings. The monoisotopic (exact) mass is 489 g/mol. The second kappa shape index (κ2) is 10.5. The van der Waals surface area contributed by atoms with Crippen molar-refractivity contribution in [3.05, 3.63) is 71.2 Å². The number of H-pyrrole nitrogens is 1. The van der Waals surface area contributed by atoms with Crippen molar-refractivity contribution < 1.29 is 14.4 Å². The Labute approximate surface area is 207 Å². The molecular weight excluding hydrogens is 462 g/mol. The van der Waals surface area contributed by atoms with E-state index in [0.29, 0.717) is 11.6 Å². The van der Waals surface area contributed by atoms with Gasteiger partial charge in [0.25, 0.3) is 0 Å². The maximum absolute atomic E-state index is 13.1. The standard InChI is InChI=1S/C26H27N5O3S/c1-15(28-16(2)32)18-8-10-19(11-9-18)24-14-35-26(30-24)31-25(34)23(29-17(3)33)12-20-13-27-22-7-5-4-6-21(20)22/h4-11,13-15,23,27H,12H2,1-3H3,(H,28,32)(H,29,33)(H,30,31,34). The number of carbonyl (C=O) groups excluding carboxylic acids is 3. The molecule has 0 aliphatic carbocycles. The summed E-state index contributed by atoms with van der Waals surface area (Å²) in [7, 11) is 0. The highest BCUT2D eigenvalue weighted by Crippen LogP contribution is 2.27. The van der Waals surface area contributed by atoms with Gasteiger partial charge in [0.1, 0.15) is 6.04 Å². The summed E-state index contributed by atoms with van der Waals surface area (Å²) < 4.78 is 0. The highest BCUT2D eigenvalue weighted by Gasteiger charge is 2.22. The first-order valence-corrected chi connectivity index (χ1v) is 12.1. The molecule has 0 bridgehead atoms. The number of hydrogen-bond donors (Lipinski definition) is 4. The third-order valence-corrected chi connectivity index (χ3v) is 6.41. The van der Waals surface area contributed by atoms with E-state index in [2.05, 4.69) is 25.9 Å². The minimum Gasteiger partial charge on any atom is -0.361 e. The Bertz CT molecular complexity index is 1360. The minimum absolute atomic E-state index is 0.0799.